The number of benzene rings is 1. The van der Waals surface area contributed by atoms with Crippen LogP contribution in [0.4, 0.5) is 0 Å². The molecule has 0 radical (unpaired) electrons. The number of hydrogen-bond acceptors (Lipinski definition) is 3. The Labute approximate surface area is 123 Å². The van der Waals surface area contributed by atoms with Gasteiger partial charge in [-0.25, -0.2) is 0 Å². The first kappa shape index (κ1) is 12.6. The van der Waals surface area contributed by atoms with E-state index in [0.29, 0.717) is 23.5 Å². The highest BCUT2D eigenvalue weighted by Gasteiger charge is 2.41. The Morgan fingerprint density at radius 2 is 1.90 bits per heavy atom. The summed E-state index contributed by atoms with van der Waals surface area (Å²) in [6.07, 6.45) is 3.91. The molecule has 1 heterocycles. The van der Waals surface area contributed by atoms with E-state index in [1.165, 1.54) is 5.57 Å². The molecule has 3 aliphatic rings. The van der Waals surface area contributed by atoms with Gasteiger partial charge in [0.25, 0.3) is 0 Å². The average molecular weight is 280 g/mol. The third-order valence-corrected chi connectivity index (χ3v) is 4.72. The van der Waals surface area contributed by atoms with Gasteiger partial charge in [0, 0.05) is 17.0 Å². The van der Waals surface area contributed by atoms with Crippen LogP contribution >= 0.6 is 0 Å². The molecule has 0 saturated carbocycles. The largest absolute Gasteiger partial charge is 0.492 e. The predicted molar refractivity (Wildman–Crippen MR) is 79.8 cm³/mol. The van der Waals surface area contributed by atoms with Crippen molar-refractivity contribution in [2.24, 2.45) is 5.92 Å². The van der Waals surface area contributed by atoms with E-state index in [2.05, 4.69) is 19.1 Å². The first-order chi connectivity index (χ1) is 10.1. The van der Waals surface area contributed by atoms with Gasteiger partial charge >= 0.3 is 0 Å². The van der Waals surface area contributed by atoms with Crippen molar-refractivity contribution in [3.63, 3.8) is 0 Å². The molecule has 1 aromatic rings. The molecular formula is C18H16O3. The van der Waals surface area contributed by atoms with Crippen LogP contribution in [0.25, 0.3) is 11.3 Å². The lowest BCUT2D eigenvalue weighted by atomic mass is 9.78. The van der Waals surface area contributed by atoms with Gasteiger partial charge in [0.1, 0.15) is 5.76 Å². The van der Waals surface area contributed by atoms with Gasteiger partial charge in [-0.2, -0.15) is 0 Å². The maximum Gasteiger partial charge on any atom is 0.234 e. The third kappa shape index (κ3) is 1.54. The highest BCUT2D eigenvalue weighted by atomic mass is 16.5. The molecule has 3 nitrogen and oxygen atoms in total. The first-order valence-corrected chi connectivity index (χ1v) is 7.39. The van der Waals surface area contributed by atoms with E-state index >= 15 is 0 Å². The van der Waals surface area contributed by atoms with Gasteiger partial charge in [0.2, 0.25) is 11.6 Å². The molecule has 0 fully saturated rings. The highest BCUT2D eigenvalue weighted by molar-refractivity contribution is 6.52. The number of rotatable bonds is 0. The Bertz CT molecular complexity index is 765. The zero-order chi connectivity index (χ0) is 14.7. The number of ketones is 2. The van der Waals surface area contributed by atoms with E-state index in [-0.39, 0.29) is 17.5 Å². The molecule has 0 bridgehead atoms. The quantitative estimate of drug-likeness (QED) is 0.685. The molecule has 1 unspecified atom stereocenters. The van der Waals surface area contributed by atoms with E-state index in [1.807, 2.05) is 13.0 Å². The smallest absolute Gasteiger partial charge is 0.234 e. The summed E-state index contributed by atoms with van der Waals surface area (Å²) >= 11 is 0. The molecule has 1 aliphatic heterocycles. The normalized spacial score (nSPS) is 23.3. The predicted octanol–water partition coefficient (Wildman–Crippen LogP) is 3.18. The molecule has 106 valence electrons. The maximum absolute atomic E-state index is 12.6. The lowest BCUT2D eigenvalue weighted by molar-refractivity contribution is -0.112. The second-order valence-corrected chi connectivity index (χ2v) is 6.05. The van der Waals surface area contributed by atoms with E-state index in [1.54, 1.807) is 0 Å². The van der Waals surface area contributed by atoms with Crippen molar-refractivity contribution >= 4 is 22.9 Å². The third-order valence-electron chi connectivity index (χ3n) is 4.72. The minimum Gasteiger partial charge on any atom is -0.492 e. The van der Waals surface area contributed by atoms with E-state index in [0.717, 1.165) is 29.5 Å². The molecule has 21 heavy (non-hydrogen) atoms. The second kappa shape index (κ2) is 4.17. The van der Waals surface area contributed by atoms with Gasteiger partial charge in [0.15, 0.2) is 0 Å². The summed E-state index contributed by atoms with van der Waals surface area (Å²) in [5.41, 5.74) is 5.25. The Morgan fingerprint density at radius 3 is 2.71 bits per heavy atom. The van der Waals surface area contributed by atoms with Crippen LogP contribution in [0, 0.1) is 5.92 Å². The number of Topliss-reactive ketones (excluding diaryl/α,β-unsaturated/α-hetero) is 2. The highest BCUT2D eigenvalue weighted by Crippen LogP contribution is 2.42. The molecule has 4 rings (SSSR count). The van der Waals surface area contributed by atoms with Crippen LogP contribution in [-0.2, 0) is 16.0 Å². The van der Waals surface area contributed by atoms with Crippen LogP contribution in [0.1, 0.15) is 47.3 Å². The lowest BCUT2D eigenvalue weighted by Gasteiger charge is -2.24. The molecule has 0 N–H and O–H groups in total. The summed E-state index contributed by atoms with van der Waals surface area (Å²) in [5, 5.41) is 0. The molecule has 0 amide bonds. The van der Waals surface area contributed by atoms with Crippen molar-refractivity contribution < 1.29 is 14.3 Å². The Morgan fingerprint density at radius 1 is 1.14 bits per heavy atom. The zero-order valence-electron chi connectivity index (χ0n) is 12.2. The van der Waals surface area contributed by atoms with Crippen molar-refractivity contribution in [2.45, 2.75) is 26.7 Å². The molecule has 0 spiro atoms. The number of fused-ring (bicyclic) bond motifs is 4. The van der Waals surface area contributed by atoms with Crippen LogP contribution in [0.5, 0.6) is 0 Å². The summed E-state index contributed by atoms with van der Waals surface area (Å²) in [4.78, 5) is 25.1. The van der Waals surface area contributed by atoms with Crippen molar-refractivity contribution in [3.8, 4) is 0 Å². The lowest BCUT2D eigenvalue weighted by Crippen LogP contribution is -2.27. The Kier molecular flexibility index (Phi) is 2.49. The summed E-state index contributed by atoms with van der Waals surface area (Å²) in [5.74, 6) is -0.0878. The van der Waals surface area contributed by atoms with Gasteiger partial charge in [0.05, 0.1) is 12.2 Å². The fourth-order valence-corrected chi connectivity index (χ4v) is 3.65. The SMILES string of the molecule is CC1=CCCc2c1ccc1c2C(=O)C(=O)C2=C1OCC2C. The summed E-state index contributed by atoms with van der Waals surface area (Å²) < 4.78 is 5.72. The summed E-state index contributed by atoms with van der Waals surface area (Å²) in [7, 11) is 0. The molecule has 1 aromatic carbocycles. The van der Waals surface area contributed by atoms with Gasteiger partial charge < -0.3 is 4.74 Å². The second-order valence-electron chi connectivity index (χ2n) is 6.05. The fourth-order valence-electron chi connectivity index (χ4n) is 3.65. The van der Waals surface area contributed by atoms with Gasteiger partial charge in [-0.1, -0.05) is 19.1 Å². The first-order valence-electron chi connectivity index (χ1n) is 7.39. The van der Waals surface area contributed by atoms with Crippen LogP contribution in [0.2, 0.25) is 0 Å². The van der Waals surface area contributed by atoms with Crippen molar-refractivity contribution in [3.05, 3.63) is 46.0 Å². The molecule has 0 aromatic heterocycles. The number of ether oxygens (including phenoxy) is 1. The molecule has 1 atom stereocenters. The molecule has 0 saturated heterocycles. The van der Waals surface area contributed by atoms with Crippen LogP contribution in [-0.4, -0.2) is 18.2 Å². The number of carbonyl (C=O) groups excluding carboxylic acids is 2. The van der Waals surface area contributed by atoms with Crippen molar-refractivity contribution in [1.29, 1.82) is 0 Å². The molecule has 3 heteroatoms. The fraction of sp³-hybridized carbons (Fsp3) is 0.333. The molecule has 2 aliphatic carbocycles. The van der Waals surface area contributed by atoms with Gasteiger partial charge in [-0.05, 0) is 42.5 Å². The van der Waals surface area contributed by atoms with Crippen LogP contribution in [0.15, 0.2) is 23.8 Å². The van der Waals surface area contributed by atoms with Crippen LogP contribution < -0.4 is 0 Å². The Hall–Kier alpha value is -2.16. The van der Waals surface area contributed by atoms with E-state index in [9.17, 15) is 9.59 Å². The van der Waals surface area contributed by atoms with Crippen molar-refractivity contribution in [1.82, 2.24) is 0 Å². The number of hydrogen-bond donors (Lipinski definition) is 0. The number of carbonyl (C=O) groups is 2. The minimum atomic E-state index is -0.372. The van der Waals surface area contributed by atoms with E-state index in [4.69, 9.17) is 4.74 Å². The van der Waals surface area contributed by atoms with Gasteiger partial charge in [-0.3, -0.25) is 9.59 Å². The van der Waals surface area contributed by atoms with Crippen LogP contribution in [0.3, 0.4) is 0 Å². The van der Waals surface area contributed by atoms with Crippen molar-refractivity contribution in [2.75, 3.05) is 6.61 Å². The molecular weight excluding hydrogens is 264 g/mol. The maximum atomic E-state index is 12.6. The van der Waals surface area contributed by atoms with E-state index < -0.39 is 0 Å². The minimum absolute atomic E-state index is 0.00210. The number of allylic oxidation sites excluding steroid dienone is 2. The summed E-state index contributed by atoms with van der Waals surface area (Å²) in [6, 6.07) is 3.99. The zero-order valence-corrected chi connectivity index (χ0v) is 12.2. The standard InChI is InChI=1S/C18H16O3/c1-9-4-3-5-12-11(9)6-7-13-15(12)17(20)16(19)14-10(2)8-21-18(13)14/h4,6-7,10H,3,5,8H2,1-2H3. The Balaban J connectivity index is 2.03. The average Bonchev–Trinajstić information content (AvgIpc) is 2.86. The summed E-state index contributed by atoms with van der Waals surface area (Å²) in [6.45, 7) is 4.47. The van der Waals surface area contributed by atoms with Gasteiger partial charge in [-0.15, -0.1) is 0 Å². The topological polar surface area (TPSA) is 43.4 Å². The monoisotopic (exact) mass is 280 g/mol.